The first-order chi connectivity index (χ1) is 10.6. The van der Waals surface area contributed by atoms with Crippen molar-refractivity contribution < 1.29 is 0 Å². The molecule has 22 heavy (non-hydrogen) atoms. The van der Waals surface area contributed by atoms with Crippen LogP contribution in [0.5, 0.6) is 0 Å². The average molecular weight is 293 g/mol. The summed E-state index contributed by atoms with van der Waals surface area (Å²) in [6.45, 7) is 4.33. The number of rotatable bonds is 4. The lowest BCUT2D eigenvalue weighted by atomic mass is 10.1. The molecule has 2 aromatic rings. The summed E-state index contributed by atoms with van der Waals surface area (Å²) < 4.78 is 0. The van der Waals surface area contributed by atoms with Crippen molar-refractivity contribution in [3.05, 3.63) is 71.8 Å². The SMILES string of the molecule is CCC(C)N(C)/C(=N\C(=N)c1ccccc1)c1ccccc1. The Bertz CT molecular complexity index is 632. The molecule has 0 radical (unpaired) electrons. The summed E-state index contributed by atoms with van der Waals surface area (Å²) in [5, 5.41) is 8.29. The summed E-state index contributed by atoms with van der Waals surface area (Å²) in [5.41, 5.74) is 1.86. The monoisotopic (exact) mass is 293 g/mol. The minimum absolute atomic E-state index is 0.287. The van der Waals surface area contributed by atoms with Gasteiger partial charge in [0, 0.05) is 24.2 Å². The van der Waals surface area contributed by atoms with Crippen molar-refractivity contribution in [1.29, 1.82) is 5.41 Å². The summed E-state index contributed by atoms with van der Waals surface area (Å²) in [4.78, 5) is 6.76. The van der Waals surface area contributed by atoms with Gasteiger partial charge in [-0.25, -0.2) is 4.99 Å². The predicted octanol–water partition coefficient (Wildman–Crippen LogP) is 4.19. The minimum Gasteiger partial charge on any atom is -0.356 e. The third-order valence-corrected chi connectivity index (χ3v) is 3.88. The molecule has 0 aliphatic carbocycles. The van der Waals surface area contributed by atoms with Crippen molar-refractivity contribution in [1.82, 2.24) is 4.90 Å². The zero-order valence-electron chi connectivity index (χ0n) is 13.5. The highest BCUT2D eigenvalue weighted by Gasteiger charge is 2.15. The van der Waals surface area contributed by atoms with E-state index in [4.69, 9.17) is 5.41 Å². The number of nitrogens with zero attached hydrogens (tertiary/aromatic N) is 2. The third-order valence-electron chi connectivity index (χ3n) is 3.88. The molecule has 2 rings (SSSR count). The molecule has 1 unspecified atom stereocenters. The number of aliphatic imine (C=N–C) groups is 1. The number of hydrogen-bond donors (Lipinski definition) is 1. The fourth-order valence-corrected chi connectivity index (χ4v) is 2.18. The first-order valence-electron chi connectivity index (χ1n) is 7.64. The van der Waals surface area contributed by atoms with Crippen LogP contribution in [-0.4, -0.2) is 29.7 Å². The molecular weight excluding hydrogens is 270 g/mol. The Kier molecular flexibility index (Phi) is 5.48. The average Bonchev–Trinajstić information content (AvgIpc) is 2.59. The predicted molar refractivity (Wildman–Crippen MR) is 93.8 cm³/mol. The van der Waals surface area contributed by atoms with Gasteiger partial charge in [-0.05, 0) is 13.3 Å². The third kappa shape index (κ3) is 3.82. The van der Waals surface area contributed by atoms with E-state index >= 15 is 0 Å². The van der Waals surface area contributed by atoms with Crippen LogP contribution in [0.2, 0.25) is 0 Å². The Balaban J connectivity index is 2.40. The van der Waals surface area contributed by atoms with Gasteiger partial charge in [-0.2, -0.15) is 0 Å². The molecule has 0 amide bonds. The Labute approximate surface area is 132 Å². The molecule has 0 saturated heterocycles. The molecule has 0 aliphatic rings. The molecule has 0 fully saturated rings. The zero-order chi connectivity index (χ0) is 15.9. The fourth-order valence-electron chi connectivity index (χ4n) is 2.18. The van der Waals surface area contributed by atoms with Crippen molar-refractivity contribution >= 4 is 11.7 Å². The van der Waals surface area contributed by atoms with E-state index in [0.29, 0.717) is 6.04 Å². The zero-order valence-corrected chi connectivity index (χ0v) is 13.5. The fraction of sp³-hybridized carbons (Fsp3) is 0.263. The Hall–Kier alpha value is -2.42. The van der Waals surface area contributed by atoms with Gasteiger partial charge < -0.3 is 4.90 Å². The molecule has 3 heteroatoms. The molecule has 2 aromatic carbocycles. The van der Waals surface area contributed by atoms with Crippen LogP contribution in [-0.2, 0) is 0 Å². The van der Waals surface area contributed by atoms with E-state index < -0.39 is 0 Å². The van der Waals surface area contributed by atoms with Gasteiger partial charge in [-0.1, -0.05) is 67.6 Å². The van der Waals surface area contributed by atoms with E-state index in [0.717, 1.165) is 23.4 Å². The quantitative estimate of drug-likeness (QED) is 0.666. The maximum atomic E-state index is 8.29. The first-order valence-corrected chi connectivity index (χ1v) is 7.64. The van der Waals surface area contributed by atoms with Crippen molar-refractivity contribution in [2.24, 2.45) is 4.99 Å². The number of nitrogens with one attached hydrogen (secondary N) is 1. The van der Waals surface area contributed by atoms with Crippen LogP contribution in [0.15, 0.2) is 65.7 Å². The van der Waals surface area contributed by atoms with Crippen LogP contribution in [0.25, 0.3) is 0 Å². The van der Waals surface area contributed by atoms with E-state index in [1.165, 1.54) is 0 Å². The first kappa shape index (κ1) is 16.0. The largest absolute Gasteiger partial charge is 0.356 e. The highest BCUT2D eigenvalue weighted by Crippen LogP contribution is 2.12. The van der Waals surface area contributed by atoms with Crippen molar-refractivity contribution in [3.8, 4) is 0 Å². The van der Waals surface area contributed by atoms with Crippen LogP contribution in [0.4, 0.5) is 0 Å². The van der Waals surface area contributed by atoms with Gasteiger partial charge in [0.2, 0.25) is 0 Å². The minimum atomic E-state index is 0.287. The second-order valence-electron chi connectivity index (χ2n) is 5.38. The van der Waals surface area contributed by atoms with Gasteiger partial charge in [-0.15, -0.1) is 0 Å². The van der Waals surface area contributed by atoms with Gasteiger partial charge >= 0.3 is 0 Å². The van der Waals surface area contributed by atoms with Crippen LogP contribution in [0, 0.1) is 5.41 Å². The van der Waals surface area contributed by atoms with Crippen LogP contribution >= 0.6 is 0 Å². The summed E-state index contributed by atoms with van der Waals surface area (Å²) >= 11 is 0. The smallest absolute Gasteiger partial charge is 0.154 e. The highest BCUT2D eigenvalue weighted by molar-refractivity contribution is 6.10. The van der Waals surface area contributed by atoms with E-state index in [9.17, 15) is 0 Å². The number of benzene rings is 2. The Morgan fingerprint density at radius 1 is 1.00 bits per heavy atom. The van der Waals surface area contributed by atoms with Gasteiger partial charge in [-0.3, -0.25) is 5.41 Å². The molecule has 0 spiro atoms. The molecule has 114 valence electrons. The summed E-state index contributed by atoms with van der Waals surface area (Å²) in [5.74, 6) is 1.12. The summed E-state index contributed by atoms with van der Waals surface area (Å²) in [7, 11) is 2.04. The Morgan fingerprint density at radius 2 is 1.50 bits per heavy atom. The molecule has 1 atom stereocenters. The van der Waals surface area contributed by atoms with E-state index in [2.05, 4.69) is 23.7 Å². The lowest BCUT2D eigenvalue weighted by Crippen LogP contribution is -2.36. The molecule has 0 aliphatic heterocycles. The molecule has 0 bridgehead atoms. The Morgan fingerprint density at radius 3 is 2.00 bits per heavy atom. The lowest BCUT2D eigenvalue weighted by molar-refractivity contribution is 0.381. The maximum Gasteiger partial charge on any atom is 0.154 e. The van der Waals surface area contributed by atoms with E-state index in [1.807, 2.05) is 67.7 Å². The van der Waals surface area contributed by atoms with Gasteiger partial charge in [0.25, 0.3) is 0 Å². The molecule has 0 aromatic heterocycles. The van der Waals surface area contributed by atoms with Crippen molar-refractivity contribution in [2.45, 2.75) is 26.3 Å². The number of hydrogen-bond acceptors (Lipinski definition) is 1. The van der Waals surface area contributed by atoms with E-state index in [-0.39, 0.29) is 5.84 Å². The second kappa shape index (κ2) is 7.55. The summed E-state index contributed by atoms with van der Waals surface area (Å²) in [6.07, 6.45) is 1.03. The molecule has 0 saturated carbocycles. The molecule has 3 nitrogen and oxygen atoms in total. The second-order valence-corrected chi connectivity index (χ2v) is 5.38. The van der Waals surface area contributed by atoms with Gasteiger partial charge in [0.15, 0.2) is 5.84 Å². The molecule has 0 heterocycles. The summed E-state index contributed by atoms with van der Waals surface area (Å²) in [6, 6.07) is 20.1. The van der Waals surface area contributed by atoms with Crippen molar-refractivity contribution in [2.75, 3.05) is 7.05 Å². The number of amidine groups is 2. The van der Waals surface area contributed by atoms with Crippen LogP contribution in [0.1, 0.15) is 31.4 Å². The van der Waals surface area contributed by atoms with E-state index in [1.54, 1.807) is 0 Å². The standard InChI is InChI=1S/C19H23N3/c1-4-15(2)22(3)19(17-13-9-6-10-14-17)21-18(20)16-11-7-5-8-12-16/h5-15,20H,4H2,1-3H3/b20-18?,21-19-. The van der Waals surface area contributed by atoms with Crippen molar-refractivity contribution in [3.63, 3.8) is 0 Å². The van der Waals surface area contributed by atoms with Crippen LogP contribution in [0.3, 0.4) is 0 Å². The van der Waals surface area contributed by atoms with Crippen LogP contribution < -0.4 is 0 Å². The molecule has 1 N–H and O–H groups in total. The maximum absolute atomic E-state index is 8.29. The van der Waals surface area contributed by atoms with Gasteiger partial charge in [0.05, 0.1) is 0 Å². The van der Waals surface area contributed by atoms with Gasteiger partial charge in [0.1, 0.15) is 5.84 Å². The topological polar surface area (TPSA) is 39.5 Å². The highest BCUT2D eigenvalue weighted by atomic mass is 15.2. The normalized spacial score (nSPS) is 12.8. The molecular formula is C19H23N3. The lowest BCUT2D eigenvalue weighted by Gasteiger charge is -2.27.